The van der Waals surface area contributed by atoms with Gasteiger partial charge in [0.15, 0.2) is 0 Å². The lowest BCUT2D eigenvalue weighted by Crippen LogP contribution is -1.92. The second-order valence-electron chi connectivity index (χ2n) is 13.0. The molecule has 232 valence electrons. The number of hydrogen-bond donors (Lipinski definition) is 0. The summed E-state index contributed by atoms with van der Waals surface area (Å²) in [5.41, 5.74) is 11.2. The smallest absolute Gasteiger partial charge is 0.143 e. The summed E-state index contributed by atoms with van der Waals surface area (Å²) in [6, 6.07) is 59.0. The maximum atomic E-state index is 5.37. The Morgan fingerprint density at radius 1 is 0.360 bits per heavy atom. The van der Waals surface area contributed by atoms with Crippen molar-refractivity contribution in [2.45, 2.75) is 0 Å². The van der Waals surface area contributed by atoms with Crippen molar-refractivity contribution in [3.63, 3.8) is 0 Å². The molecule has 0 N–H and O–H groups in total. The highest BCUT2D eigenvalue weighted by atomic mass is 32.1. The van der Waals surface area contributed by atoms with Crippen molar-refractivity contribution in [1.29, 1.82) is 0 Å². The largest absolute Gasteiger partial charge is 0.309 e. The second kappa shape index (κ2) is 10.6. The Bertz CT molecular complexity index is 3150. The molecular weight excluding hydrogens is 627 g/mol. The summed E-state index contributed by atoms with van der Waals surface area (Å²) in [6.07, 6.45) is 0. The van der Waals surface area contributed by atoms with Crippen molar-refractivity contribution >= 4 is 86.2 Å². The summed E-state index contributed by atoms with van der Waals surface area (Å²) in [5, 5.41) is 8.38. The number of thiophene rings is 1. The molecule has 0 spiro atoms. The highest BCUT2D eigenvalue weighted by Crippen LogP contribution is 2.40. The number of rotatable bonds is 3. The van der Waals surface area contributed by atoms with E-state index in [0.717, 1.165) is 37.5 Å². The lowest BCUT2D eigenvalue weighted by atomic mass is 9.97. The third kappa shape index (κ3) is 4.03. The highest BCUT2D eigenvalue weighted by molar-refractivity contribution is 7.25. The average molecular weight is 654 g/mol. The van der Waals surface area contributed by atoms with Gasteiger partial charge in [-0.25, -0.2) is 9.97 Å². The van der Waals surface area contributed by atoms with Gasteiger partial charge in [-0.3, -0.25) is 0 Å². The minimum absolute atomic E-state index is 0.961. The molecule has 0 aliphatic heterocycles. The molecule has 4 heteroatoms. The Kier molecular flexibility index (Phi) is 5.83. The van der Waals surface area contributed by atoms with Crippen molar-refractivity contribution in [2.24, 2.45) is 0 Å². The van der Waals surface area contributed by atoms with Crippen molar-refractivity contribution < 1.29 is 0 Å². The number of para-hydroxylation sites is 2. The van der Waals surface area contributed by atoms with Crippen LogP contribution in [0.3, 0.4) is 0 Å². The normalized spacial score (nSPS) is 12.0. The van der Waals surface area contributed by atoms with Gasteiger partial charge in [0, 0.05) is 37.3 Å². The number of nitrogens with zero attached hydrogens (tertiary/aromatic N) is 3. The summed E-state index contributed by atoms with van der Waals surface area (Å²) >= 11 is 1.72. The zero-order valence-corrected chi connectivity index (χ0v) is 27.7. The molecule has 0 aliphatic rings. The van der Waals surface area contributed by atoms with Gasteiger partial charge in [-0.2, -0.15) is 0 Å². The van der Waals surface area contributed by atoms with Gasteiger partial charge in [0.2, 0.25) is 0 Å². The topological polar surface area (TPSA) is 30.7 Å². The maximum Gasteiger partial charge on any atom is 0.143 e. The standard InChI is InChI=1S/C46H27N3S/c1-2-13-32(14-3-1)49-40-20-9-8-17-35(40)38-26-30(21-23-41(38)49)28-11-10-12-29(25-28)31-22-24-42-39(27-31)45-46(50-42)48-44-37-19-7-5-16-34(37)33-15-4-6-18-36(33)43(44)47-45/h1-27H. The first-order valence-electron chi connectivity index (χ1n) is 16.9. The van der Waals surface area contributed by atoms with E-state index in [1.54, 1.807) is 11.3 Å². The van der Waals surface area contributed by atoms with E-state index in [1.807, 2.05) is 0 Å². The van der Waals surface area contributed by atoms with Crippen LogP contribution in [0.1, 0.15) is 0 Å². The predicted molar refractivity (Wildman–Crippen MR) is 213 cm³/mol. The minimum atomic E-state index is 0.961. The Hall–Kier alpha value is -6.36. The van der Waals surface area contributed by atoms with E-state index in [4.69, 9.17) is 9.97 Å². The van der Waals surface area contributed by atoms with Crippen LogP contribution in [0.4, 0.5) is 0 Å². The molecule has 0 amide bonds. The third-order valence-corrected chi connectivity index (χ3v) is 11.2. The van der Waals surface area contributed by atoms with Crippen LogP contribution in [0, 0.1) is 0 Å². The molecule has 0 aliphatic carbocycles. The lowest BCUT2D eigenvalue weighted by molar-refractivity contribution is 1.18. The van der Waals surface area contributed by atoms with E-state index < -0.39 is 0 Å². The molecule has 0 saturated carbocycles. The van der Waals surface area contributed by atoms with Crippen molar-refractivity contribution in [1.82, 2.24) is 14.5 Å². The molecule has 11 rings (SSSR count). The summed E-state index contributed by atoms with van der Waals surface area (Å²) in [7, 11) is 0. The molecule has 3 nitrogen and oxygen atoms in total. The van der Waals surface area contributed by atoms with E-state index in [1.165, 1.54) is 65.2 Å². The SMILES string of the molecule is c1ccc(-n2c3ccccc3c3cc(-c4cccc(-c5ccc6sc7nc8c9ccccc9c9ccccc9c8nc7c6c5)c4)ccc32)cc1. The van der Waals surface area contributed by atoms with Gasteiger partial charge >= 0.3 is 0 Å². The molecule has 3 heterocycles. The molecule has 0 radical (unpaired) electrons. The van der Waals surface area contributed by atoms with E-state index in [2.05, 4.69) is 168 Å². The molecule has 50 heavy (non-hydrogen) atoms. The van der Waals surface area contributed by atoms with Gasteiger partial charge in [0.1, 0.15) is 10.3 Å². The zero-order valence-electron chi connectivity index (χ0n) is 26.8. The van der Waals surface area contributed by atoms with E-state index in [-0.39, 0.29) is 0 Å². The first-order chi connectivity index (χ1) is 24.8. The summed E-state index contributed by atoms with van der Waals surface area (Å²) in [6.45, 7) is 0. The van der Waals surface area contributed by atoms with Crippen LogP contribution in [-0.2, 0) is 0 Å². The van der Waals surface area contributed by atoms with Crippen molar-refractivity contribution in [2.75, 3.05) is 0 Å². The summed E-state index contributed by atoms with van der Waals surface area (Å²) in [5.74, 6) is 0. The number of aromatic nitrogens is 3. The summed E-state index contributed by atoms with van der Waals surface area (Å²) in [4.78, 5) is 11.6. The molecule has 0 saturated heterocycles. The van der Waals surface area contributed by atoms with Crippen LogP contribution < -0.4 is 0 Å². The van der Waals surface area contributed by atoms with Gasteiger partial charge in [-0.1, -0.05) is 115 Å². The van der Waals surface area contributed by atoms with Crippen molar-refractivity contribution in [3.8, 4) is 27.9 Å². The zero-order chi connectivity index (χ0) is 32.8. The van der Waals surface area contributed by atoms with Crippen LogP contribution in [0.25, 0.3) is 103 Å². The molecule has 8 aromatic carbocycles. The summed E-state index contributed by atoms with van der Waals surface area (Å²) < 4.78 is 3.56. The van der Waals surface area contributed by atoms with Gasteiger partial charge < -0.3 is 4.57 Å². The monoisotopic (exact) mass is 653 g/mol. The molecule has 0 atom stereocenters. The molecule has 3 aromatic heterocycles. The Balaban J connectivity index is 1.06. The maximum absolute atomic E-state index is 5.37. The van der Waals surface area contributed by atoms with Crippen LogP contribution in [-0.4, -0.2) is 14.5 Å². The Labute approximate surface area is 291 Å². The first-order valence-corrected chi connectivity index (χ1v) is 17.7. The van der Waals surface area contributed by atoms with Crippen LogP contribution in [0.15, 0.2) is 164 Å². The second-order valence-corrected chi connectivity index (χ2v) is 14.0. The van der Waals surface area contributed by atoms with Gasteiger partial charge in [0.05, 0.1) is 22.1 Å². The lowest BCUT2D eigenvalue weighted by Gasteiger charge is -2.09. The molecule has 11 aromatic rings. The van der Waals surface area contributed by atoms with Gasteiger partial charge in [-0.15, -0.1) is 11.3 Å². The predicted octanol–water partition coefficient (Wildman–Crippen LogP) is 12.7. The fraction of sp³-hybridized carbons (Fsp3) is 0. The quantitative estimate of drug-likeness (QED) is 0.178. The average Bonchev–Trinajstić information content (AvgIpc) is 3.72. The van der Waals surface area contributed by atoms with E-state index >= 15 is 0 Å². The number of benzene rings is 8. The first kappa shape index (κ1) is 27.6. The molecule has 0 bridgehead atoms. The fourth-order valence-electron chi connectivity index (χ4n) is 7.86. The van der Waals surface area contributed by atoms with E-state index in [0.29, 0.717) is 0 Å². The number of hydrogen-bond acceptors (Lipinski definition) is 3. The molecule has 0 fully saturated rings. The Morgan fingerprint density at radius 2 is 0.920 bits per heavy atom. The van der Waals surface area contributed by atoms with Crippen LogP contribution in [0.5, 0.6) is 0 Å². The Morgan fingerprint density at radius 3 is 1.66 bits per heavy atom. The van der Waals surface area contributed by atoms with Crippen LogP contribution in [0.2, 0.25) is 0 Å². The minimum Gasteiger partial charge on any atom is -0.309 e. The highest BCUT2D eigenvalue weighted by Gasteiger charge is 2.17. The van der Waals surface area contributed by atoms with Gasteiger partial charge in [-0.05, 0) is 81.6 Å². The molecule has 0 unspecified atom stereocenters. The molecular formula is C46H27N3S. The van der Waals surface area contributed by atoms with Gasteiger partial charge in [0.25, 0.3) is 0 Å². The van der Waals surface area contributed by atoms with Crippen molar-refractivity contribution in [3.05, 3.63) is 164 Å². The third-order valence-electron chi connectivity index (χ3n) is 10.2. The fourth-order valence-corrected chi connectivity index (χ4v) is 8.86. The van der Waals surface area contributed by atoms with E-state index in [9.17, 15) is 0 Å². The number of fused-ring (bicyclic) bond motifs is 12. The van der Waals surface area contributed by atoms with Crippen LogP contribution >= 0.6 is 11.3 Å².